The van der Waals surface area contributed by atoms with E-state index in [9.17, 15) is 13.6 Å². The minimum atomic E-state index is -0.803. The predicted molar refractivity (Wildman–Crippen MR) is 81.2 cm³/mol. The Balaban J connectivity index is 0.00000242. The molecule has 1 atom stereocenters. The summed E-state index contributed by atoms with van der Waals surface area (Å²) in [5, 5.41) is 8.16. The minimum Gasteiger partial charge on any atom is -0.365 e. The summed E-state index contributed by atoms with van der Waals surface area (Å²) in [7, 11) is 0. The molecule has 2 aromatic rings. The van der Waals surface area contributed by atoms with Crippen molar-refractivity contribution in [2.75, 3.05) is 0 Å². The van der Waals surface area contributed by atoms with Gasteiger partial charge in [0.1, 0.15) is 17.1 Å². The van der Waals surface area contributed by atoms with Crippen molar-refractivity contribution in [2.24, 2.45) is 5.73 Å². The van der Waals surface area contributed by atoms with Gasteiger partial charge in [0.25, 0.3) is 5.91 Å². The number of nitrogens with one attached hydrogen (secondary N) is 1. The second kappa shape index (κ2) is 6.89. The minimum absolute atomic E-state index is 0. The van der Waals surface area contributed by atoms with Gasteiger partial charge in [-0.25, -0.2) is 8.78 Å². The molecule has 0 unspecified atom stereocenters. The Morgan fingerprint density at radius 1 is 1.36 bits per heavy atom. The number of pyridine rings is 1. The molecule has 0 aliphatic carbocycles. The van der Waals surface area contributed by atoms with Crippen LogP contribution in [-0.4, -0.2) is 10.5 Å². The maximum Gasteiger partial charge on any atom is 0.252 e. The molecule has 22 heavy (non-hydrogen) atoms. The summed E-state index contributed by atoms with van der Waals surface area (Å²) in [6.45, 7) is 1.61. The van der Waals surface area contributed by atoms with Gasteiger partial charge in [0.2, 0.25) is 0 Å². The van der Waals surface area contributed by atoms with Crippen LogP contribution >= 0.6 is 24.0 Å². The smallest absolute Gasteiger partial charge is 0.252 e. The summed E-state index contributed by atoms with van der Waals surface area (Å²) < 4.78 is 28.1. The molecule has 0 fully saturated rings. The van der Waals surface area contributed by atoms with E-state index in [1.165, 1.54) is 22.9 Å². The van der Waals surface area contributed by atoms with E-state index >= 15 is 0 Å². The first-order valence-electron chi connectivity index (χ1n) is 6.02. The van der Waals surface area contributed by atoms with E-state index in [4.69, 9.17) is 22.7 Å². The normalized spacial score (nSPS) is 11.6. The highest BCUT2D eigenvalue weighted by Gasteiger charge is 2.17. The summed E-state index contributed by atoms with van der Waals surface area (Å²) in [5.41, 5.74) is 5.10. The Morgan fingerprint density at radius 2 is 2.00 bits per heavy atom. The monoisotopic (exact) mass is 347 g/mol. The molecule has 118 valence electrons. The zero-order valence-corrected chi connectivity index (χ0v) is 13.0. The van der Waals surface area contributed by atoms with Gasteiger partial charge >= 0.3 is 0 Å². The summed E-state index contributed by atoms with van der Waals surface area (Å²) in [6, 6.07) is 3.78. The van der Waals surface area contributed by atoms with Crippen LogP contribution in [0.25, 0.3) is 0 Å². The average molecular weight is 348 g/mol. The van der Waals surface area contributed by atoms with E-state index in [1.807, 2.05) is 0 Å². The number of aromatic nitrogens is 1. The molecular formula is C14H13Cl2F2N3O. The third-order valence-electron chi connectivity index (χ3n) is 3.15. The molecule has 4 nitrogen and oxygen atoms in total. The second-order valence-electron chi connectivity index (χ2n) is 4.53. The van der Waals surface area contributed by atoms with Crippen molar-refractivity contribution in [1.29, 1.82) is 5.41 Å². The molecule has 0 bridgehead atoms. The van der Waals surface area contributed by atoms with E-state index in [-0.39, 0.29) is 34.0 Å². The van der Waals surface area contributed by atoms with Crippen LogP contribution in [0.15, 0.2) is 30.5 Å². The van der Waals surface area contributed by atoms with Crippen LogP contribution in [0.5, 0.6) is 0 Å². The number of nitrogens with zero attached hydrogens (tertiary/aromatic N) is 1. The quantitative estimate of drug-likeness (QED) is 0.879. The van der Waals surface area contributed by atoms with Gasteiger partial charge in [-0.3, -0.25) is 10.2 Å². The van der Waals surface area contributed by atoms with Gasteiger partial charge in [-0.1, -0.05) is 17.7 Å². The van der Waals surface area contributed by atoms with Crippen LogP contribution in [0.2, 0.25) is 5.02 Å². The van der Waals surface area contributed by atoms with Gasteiger partial charge < -0.3 is 10.3 Å². The summed E-state index contributed by atoms with van der Waals surface area (Å²) in [6.07, 6.45) is 1.39. The number of benzene rings is 1. The number of primary amides is 1. The van der Waals surface area contributed by atoms with Crippen LogP contribution in [-0.2, 0) is 0 Å². The highest BCUT2D eigenvalue weighted by atomic mass is 35.5. The van der Waals surface area contributed by atoms with Crippen molar-refractivity contribution in [1.82, 2.24) is 4.57 Å². The maximum atomic E-state index is 13.8. The largest absolute Gasteiger partial charge is 0.365 e. The fourth-order valence-electron chi connectivity index (χ4n) is 2.06. The Labute approximate surface area is 136 Å². The summed E-state index contributed by atoms with van der Waals surface area (Å²) in [4.78, 5) is 11.3. The van der Waals surface area contributed by atoms with Crippen LogP contribution in [0.1, 0.15) is 28.9 Å². The van der Waals surface area contributed by atoms with Crippen molar-refractivity contribution in [3.63, 3.8) is 0 Å². The van der Waals surface area contributed by atoms with Crippen molar-refractivity contribution in [3.05, 3.63) is 63.7 Å². The van der Waals surface area contributed by atoms with E-state index in [2.05, 4.69) is 0 Å². The lowest BCUT2D eigenvalue weighted by Gasteiger charge is -2.18. The van der Waals surface area contributed by atoms with Gasteiger partial charge in [0.15, 0.2) is 0 Å². The highest BCUT2D eigenvalue weighted by molar-refractivity contribution is 6.30. The first-order valence-corrected chi connectivity index (χ1v) is 6.40. The van der Waals surface area contributed by atoms with Gasteiger partial charge in [-0.05, 0) is 19.1 Å². The summed E-state index contributed by atoms with van der Waals surface area (Å²) >= 11 is 5.90. The van der Waals surface area contributed by atoms with Crippen molar-refractivity contribution >= 4 is 29.9 Å². The Hall–Kier alpha value is -1.92. The molecule has 1 aromatic heterocycles. The molecule has 0 aliphatic rings. The van der Waals surface area contributed by atoms with Crippen molar-refractivity contribution < 1.29 is 13.6 Å². The molecule has 1 aromatic carbocycles. The number of rotatable bonds is 3. The topological polar surface area (TPSA) is 71.9 Å². The first-order chi connectivity index (χ1) is 9.81. The van der Waals surface area contributed by atoms with Gasteiger partial charge in [0, 0.05) is 17.8 Å². The number of nitrogens with two attached hydrogens (primary N) is 1. The van der Waals surface area contributed by atoms with Gasteiger partial charge in [-0.2, -0.15) is 0 Å². The van der Waals surface area contributed by atoms with E-state index in [1.54, 1.807) is 6.92 Å². The maximum absolute atomic E-state index is 13.8. The Kier molecular flexibility index (Phi) is 5.68. The number of carbonyl (C=O) groups excluding carboxylic acids is 1. The standard InChI is InChI=1S/C14H12ClF2N3O.ClH/c1-7(10-3-2-9(16)5-12(10)17)20-6-8(15)4-11(13(20)18)14(19)21;/h2-7,18H,1H3,(H2,19,21);1H/t7-;/m1./s1. The fraction of sp³-hybridized carbons (Fsp3) is 0.143. The van der Waals surface area contributed by atoms with Gasteiger partial charge in [0.05, 0.1) is 16.6 Å². The third-order valence-corrected chi connectivity index (χ3v) is 3.36. The third kappa shape index (κ3) is 3.45. The molecule has 0 saturated carbocycles. The molecule has 1 heterocycles. The number of hydrogen-bond acceptors (Lipinski definition) is 2. The Bertz CT molecular complexity index is 777. The average Bonchev–Trinajstić information content (AvgIpc) is 2.40. The molecule has 1 amide bonds. The number of amides is 1. The van der Waals surface area contributed by atoms with E-state index in [0.29, 0.717) is 0 Å². The molecule has 0 aliphatic heterocycles. The molecule has 0 spiro atoms. The lowest BCUT2D eigenvalue weighted by atomic mass is 10.1. The van der Waals surface area contributed by atoms with E-state index in [0.717, 1.165) is 12.1 Å². The fourth-order valence-corrected chi connectivity index (χ4v) is 2.28. The van der Waals surface area contributed by atoms with Crippen molar-refractivity contribution in [3.8, 4) is 0 Å². The molecule has 0 saturated heterocycles. The SMILES string of the molecule is C[C@H](c1ccc(F)cc1F)n1cc(Cl)cc(C(N)=O)c1=N.Cl. The molecular weight excluding hydrogens is 335 g/mol. The van der Waals surface area contributed by atoms with Crippen molar-refractivity contribution in [2.45, 2.75) is 13.0 Å². The number of hydrogen-bond donors (Lipinski definition) is 2. The highest BCUT2D eigenvalue weighted by Crippen LogP contribution is 2.22. The van der Waals surface area contributed by atoms with Crippen LogP contribution in [0, 0.1) is 17.0 Å². The summed E-state index contributed by atoms with van der Waals surface area (Å²) in [5.74, 6) is -2.23. The first kappa shape index (κ1) is 18.1. The van der Waals surface area contributed by atoms with Crippen LogP contribution in [0.3, 0.4) is 0 Å². The second-order valence-corrected chi connectivity index (χ2v) is 4.97. The molecule has 3 N–H and O–H groups in total. The molecule has 8 heteroatoms. The lowest BCUT2D eigenvalue weighted by Crippen LogP contribution is -2.31. The zero-order chi connectivity index (χ0) is 15.7. The van der Waals surface area contributed by atoms with Crippen LogP contribution < -0.4 is 11.2 Å². The number of halogens is 4. The van der Waals surface area contributed by atoms with Gasteiger partial charge in [-0.15, -0.1) is 12.4 Å². The zero-order valence-electron chi connectivity index (χ0n) is 11.4. The number of carbonyl (C=O) groups is 1. The molecule has 2 rings (SSSR count). The Morgan fingerprint density at radius 3 is 2.55 bits per heavy atom. The van der Waals surface area contributed by atoms with Crippen LogP contribution in [0.4, 0.5) is 8.78 Å². The lowest BCUT2D eigenvalue weighted by molar-refractivity contribution is 0.0997. The molecule has 0 radical (unpaired) electrons. The predicted octanol–water partition coefficient (Wildman–Crippen LogP) is 3.03. The van der Waals surface area contributed by atoms with E-state index < -0.39 is 23.6 Å².